The molecule has 1 nitrogen and oxygen atoms in total. The van der Waals surface area contributed by atoms with Crippen molar-refractivity contribution in [3.8, 4) is 6.07 Å². The molecule has 0 aromatic heterocycles. The van der Waals surface area contributed by atoms with Gasteiger partial charge < -0.3 is 0 Å². The summed E-state index contributed by atoms with van der Waals surface area (Å²) >= 11 is 3.52. The number of benzene rings is 1. The Labute approximate surface area is 98.2 Å². The number of nitrogens with zero attached hydrogens (tertiary/aromatic N) is 1. The van der Waals surface area contributed by atoms with Crippen molar-refractivity contribution in [2.45, 2.75) is 37.0 Å². The first-order valence-corrected chi connectivity index (χ1v) is 6.11. The van der Waals surface area contributed by atoms with Crippen molar-refractivity contribution in [3.05, 3.63) is 33.8 Å². The molecule has 76 valence electrons. The fraction of sp³-hybridized carbons (Fsp3) is 0.462. The van der Waals surface area contributed by atoms with Crippen molar-refractivity contribution < 1.29 is 0 Å². The van der Waals surface area contributed by atoms with E-state index in [4.69, 9.17) is 0 Å². The number of fused-ring (bicyclic) bond motifs is 2. The monoisotopic (exact) mass is 261 g/mol. The van der Waals surface area contributed by atoms with E-state index in [1.54, 1.807) is 0 Å². The summed E-state index contributed by atoms with van der Waals surface area (Å²) in [5.74, 6) is 0. The summed E-state index contributed by atoms with van der Waals surface area (Å²) in [7, 11) is 0. The van der Waals surface area contributed by atoms with E-state index in [1.807, 2.05) is 0 Å². The fourth-order valence-corrected chi connectivity index (χ4v) is 3.36. The van der Waals surface area contributed by atoms with E-state index in [0.29, 0.717) is 5.41 Å². The molecule has 1 fully saturated rings. The van der Waals surface area contributed by atoms with E-state index in [-0.39, 0.29) is 5.41 Å². The third-order valence-corrected chi connectivity index (χ3v) is 4.43. The minimum atomic E-state index is -0.257. The van der Waals surface area contributed by atoms with Crippen LogP contribution in [0.25, 0.3) is 0 Å². The van der Waals surface area contributed by atoms with Gasteiger partial charge in [-0.3, -0.25) is 0 Å². The van der Waals surface area contributed by atoms with Gasteiger partial charge in [0.2, 0.25) is 0 Å². The van der Waals surface area contributed by atoms with E-state index in [1.165, 1.54) is 24.0 Å². The van der Waals surface area contributed by atoms with Crippen molar-refractivity contribution in [2.24, 2.45) is 0 Å². The summed E-state index contributed by atoms with van der Waals surface area (Å²) in [6.07, 6.45) is 3.53. The highest BCUT2D eigenvalue weighted by atomic mass is 79.9. The van der Waals surface area contributed by atoms with Gasteiger partial charge in [0.15, 0.2) is 0 Å². The quantitative estimate of drug-likeness (QED) is 0.699. The van der Waals surface area contributed by atoms with Crippen LogP contribution in [0.2, 0.25) is 0 Å². The van der Waals surface area contributed by atoms with Crippen LogP contribution in [-0.2, 0) is 10.8 Å². The molecular formula is C13H12BrN. The Kier molecular flexibility index (Phi) is 1.66. The molecule has 0 bridgehead atoms. The highest BCUT2D eigenvalue weighted by Crippen LogP contribution is 2.62. The molecule has 15 heavy (non-hydrogen) atoms. The predicted molar refractivity (Wildman–Crippen MR) is 62.6 cm³/mol. The first-order valence-electron chi connectivity index (χ1n) is 5.31. The van der Waals surface area contributed by atoms with Crippen LogP contribution in [0.5, 0.6) is 0 Å². The van der Waals surface area contributed by atoms with E-state index in [0.717, 1.165) is 10.9 Å². The first kappa shape index (κ1) is 9.42. The first-order chi connectivity index (χ1) is 7.10. The maximum Gasteiger partial charge on any atom is 0.0805 e. The third kappa shape index (κ3) is 1.13. The minimum Gasteiger partial charge on any atom is -0.197 e. The van der Waals surface area contributed by atoms with Crippen molar-refractivity contribution in [3.63, 3.8) is 0 Å². The second-order valence-corrected chi connectivity index (χ2v) is 6.01. The molecule has 1 unspecified atom stereocenters. The Morgan fingerprint density at radius 1 is 1.33 bits per heavy atom. The summed E-state index contributed by atoms with van der Waals surface area (Å²) in [5.41, 5.74) is 2.77. The molecule has 1 aromatic rings. The summed E-state index contributed by atoms with van der Waals surface area (Å²) in [4.78, 5) is 0. The molecule has 1 spiro atoms. The van der Waals surface area contributed by atoms with Gasteiger partial charge in [-0.1, -0.05) is 22.0 Å². The van der Waals surface area contributed by atoms with Crippen molar-refractivity contribution in [1.82, 2.24) is 0 Å². The zero-order chi connectivity index (χ0) is 10.7. The van der Waals surface area contributed by atoms with Gasteiger partial charge >= 0.3 is 0 Å². The fourth-order valence-electron chi connectivity index (χ4n) is 3.00. The van der Waals surface area contributed by atoms with Crippen LogP contribution in [0.4, 0.5) is 0 Å². The van der Waals surface area contributed by atoms with Crippen molar-refractivity contribution in [2.75, 3.05) is 0 Å². The molecule has 0 heterocycles. The molecule has 0 amide bonds. The van der Waals surface area contributed by atoms with Crippen LogP contribution in [0.15, 0.2) is 22.7 Å². The Hall–Kier alpha value is -0.810. The molecule has 1 aromatic carbocycles. The Bertz CT molecular complexity index is 482. The standard InChI is InChI=1S/C13H12BrN/c1-12(8-15)7-13(4-5-13)11-6-9(14)2-3-10(11)12/h2-3,6H,4-5,7H2,1H3. The number of nitriles is 1. The molecule has 2 heteroatoms. The highest BCUT2D eigenvalue weighted by molar-refractivity contribution is 9.10. The molecule has 1 atom stereocenters. The van der Waals surface area contributed by atoms with Crippen molar-refractivity contribution in [1.29, 1.82) is 5.26 Å². The normalized spacial score (nSPS) is 29.9. The Morgan fingerprint density at radius 3 is 2.67 bits per heavy atom. The summed E-state index contributed by atoms with van der Waals surface area (Å²) in [6.45, 7) is 2.08. The van der Waals surface area contributed by atoms with Crippen LogP contribution in [0.3, 0.4) is 0 Å². The molecular weight excluding hydrogens is 250 g/mol. The van der Waals surface area contributed by atoms with Crippen LogP contribution in [0.1, 0.15) is 37.3 Å². The van der Waals surface area contributed by atoms with Crippen LogP contribution < -0.4 is 0 Å². The second kappa shape index (κ2) is 2.65. The Balaban J connectivity index is 2.25. The average molecular weight is 262 g/mol. The van der Waals surface area contributed by atoms with Gasteiger partial charge in [0.25, 0.3) is 0 Å². The predicted octanol–water partition coefficient (Wildman–Crippen LogP) is 3.67. The van der Waals surface area contributed by atoms with Gasteiger partial charge in [0, 0.05) is 4.47 Å². The zero-order valence-corrected chi connectivity index (χ0v) is 10.3. The van der Waals surface area contributed by atoms with E-state index in [9.17, 15) is 5.26 Å². The Morgan fingerprint density at radius 2 is 2.07 bits per heavy atom. The number of rotatable bonds is 0. The van der Waals surface area contributed by atoms with Crippen molar-refractivity contribution >= 4 is 15.9 Å². The van der Waals surface area contributed by atoms with E-state index >= 15 is 0 Å². The second-order valence-electron chi connectivity index (χ2n) is 5.09. The summed E-state index contributed by atoms with van der Waals surface area (Å²) < 4.78 is 1.13. The SMILES string of the molecule is CC1(C#N)CC2(CC2)c2cc(Br)ccc21. The molecule has 2 aliphatic carbocycles. The van der Waals surface area contributed by atoms with Gasteiger partial charge in [-0.15, -0.1) is 0 Å². The minimum absolute atomic E-state index is 0.257. The summed E-state index contributed by atoms with van der Waals surface area (Å²) in [5, 5.41) is 9.34. The molecule has 1 saturated carbocycles. The topological polar surface area (TPSA) is 23.8 Å². The lowest BCUT2D eigenvalue weighted by Gasteiger charge is -2.15. The lowest BCUT2D eigenvalue weighted by Crippen LogP contribution is -2.16. The van der Waals surface area contributed by atoms with Gasteiger partial charge in [-0.05, 0) is 54.9 Å². The highest BCUT2D eigenvalue weighted by Gasteiger charge is 2.56. The smallest absolute Gasteiger partial charge is 0.0805 e. The number of halogens is 1. The van der Waals surface area contributed by atoms with Gasteiger partial charge in [0.05, 0.1) is 11.5 Å². The van der Waals surface area contributed by atoms with E-state index in [2.05, 4.69) is 47.1 Å². The third-order valence-electron chi connectivity index (χ3n) is 3.94. The lowest BCUT2D eigenvalue weighted by atomic mass is 9.85. The van der Waals surface area contributed by atoms with Crippen LogP contribution >= 0.6 is 15.9 Å². The number of hydrogen-bond donors (Lipinski definition) is 0. The molecule has 0 radical (unpaired) electrons. The van der Waals surface area contributed by atoms with Gasteiger partial charge in [-0.2, -0.15) is 5.26 Å². The molecule has 2 aliphatic rings. The number of hydrogen-bond acceptors (Lipinski definition) is 1. The molecule has 0 saturated heterocycles. The van der Waals surface area contributed by atoms with Gasteiger partial charge in [0.1, 0.15) is 0 Å². The maximum atomic E-state index is 9.34. The van der Waals surface area contributed by atoms with Crippen LogP contribution in [-0.4, -0.2) is 0 Å². The lowest BCUT2D eigenvalue weighted by molar-refractivity contribution is 0.526. The maximum absolute atomic E-state index is 9.34. The van der Waals surface area contributed by atoms with Gasteiger partial charge in [-0.25, -0.2) is 0 Å². The summed E-state index contributed by atoms with van der Waals surface area (Å²) in [6, 6.07) is 8.88. The molecule has 0 aliphatic heterocycles. The zero-order valence-electron chi connectivity index (χ0n) is 8.68. The van der Waals surface area contributed by atoms with E-state index < -0.39 is 0 Å². The molecule has 0 N–H and O–H groups in total. The average Bonchev–Trinajstić information content (AvgIpc) is 2.93. The molecule has 3 rings (SSSR count). The van der Waals surface area contributed by atoms with Crippen LogP contribution in [0, 0.1) is 11.3 Å². The largest absolute Gasteiger partial charge is 0.197 e.